The topological polar surface area (TPSA) is 29.3 Å². The van der Waals surface area contributed by atoms with Gasteiger partial charge in [-0.05, 0) is 72.2 Å². The van der Waals surface area contributed by atoms with Gasteiger partial charge in [0.05, 0.1) is 5.69 Å². The third-order valence-corrected chi connectivity index (χ3v) is 5.69. The lowest BCUT2D eigenvalue weighted by Crippen LogP contribution is -2.34. The van der Waals surface area contributed by atoms with Gasteiger partial charge in [-0.3, -0.25) is 0 Å². The molecule has 2 aliphatic rings. The van der Waals surface area contributed by atoms with Gasteiger partial charge in [0, 0.05) is 23.1 Å². The maximum Gasteiger partial charge on any atom is 0.0513 e. The van der Waals surface area contributed by atoms with Gasteiger partial charge in [0.2, 0.25) is 0 Å². The average molecular weight is 337 g/mol. The zero-order chi connectivity index (χ0) is 14.1. The fraction of sp³-hybridized carbons (Fsp3) is 0.647. The van der Waals surface area contributed by atoms with Gasteiger partial charge in [0.15, 0.2) is 0 Å². The Morgan fingerprint density at radius 1 is 1.20 bits per heavy atom. The van der Waals surface area contributed by atoms with Crippen molar-refractivity contribution in [3.05, 3.63) is 28.2 Å². The van der Waals surface area contributed by atoms with E-state index in [1.54, 1.807) is 0 Å². The highest BCUT2D eigenvalue weighted by atomic mass is 79.9. The molecule has 1 aliphatic carbocycles. The van der Waals surface area contributed by atoms with Crippen LogP contribution in [0.5, 0.6) is 0 Å². The normalized spacial score (nSPS) is 25.4. The van der Waals surface area contributed by atoms with Crippen molar-refractivity contribution >= 4 is 21.6 Å². The minimum atomic E-state index is 0.101. The number of rotatable bonds is 3. The zero-order valence-corrected chi connectivity index (χ0v) is 13.9. The molecule has 2 nitrogen and oxygen atoms in total. The van der Waals surface area contributed by atoms with E-state index in [2.05, 4.69) is 39.0 Å². The molecule has 1 heterocycles. The van der Waals surface area contributed by atoms with Crippen molar-refractivity contribution in [2.75, 3.05) is 11.4 Å². The van der Waals surface area contributed by atoms with E-state index in [1.165, 1.54) is 60.8 Å². The Hall–Kier alpha value is -0.540. The summed E-state index contributed by atoms with van der Waals surface area (Å²) in [5, 5.41) is 0. The van der Waals surface area contributed by atoms with E-state index >= 15 is 0 Å². The molecule has 20 heavy (non-hydrogen) atoms. The molecule has 1 aliphatic heterocycles. The third-order valence-electron chi connectivity index (χ3n) is 5.05. The van der Waals surface area contributed by atoms with E-state index in [-0.39, 0.29) is 6.04 Å². The second kappa shape index (κ2) is 6.07. The van der Waals surface area contributed by atoms with Crippen LogP contribution in [0.1, 0.15) is 57.1 Å². The van der Waals surface area contributed by atoms with Crippen molar-refractivity contribution in [3.63, 3.8) is 0 Å². The molecule has 2 N–H and O–H groups in total. The fourth-order valence-electron chi connectivity index (χ4n) is 3.96. The first kappa shape index (κ1) is 14.4. The molecule has 0 spiro atoms. The first-order valence-electron chi connectivity index (χ1n) is 7.98. The lowest BCUT2D eigenvalue weighted by Gasteiger charge is -2.32. The predicted octanol–water partition coefficient (Wildman–Crippen LogP) is 4.63. The predicted molar refractivity (Wildman–Crippen MR) is 89.1 cm³/mol. The summed E-state index contributed by atoms with van der Waals surface area (Å²) in [4.78, 5) is 2.64. The Labute approximate surface area is 130 Å². The summed E-state index contributed by atoms with van der Waals surface area (Å²) in [5.74, 6) is 0.914. The van der Waals surface area contributed by atoms with Crippen molar-refractivity contribution < 1.29 is 0 Å². The highest BCUT2D eigenvalue weighted by molar-refractivity contribution is 9.10. The first-order chi connectivity index (χ1) is 9.66. The SMILES string of the molecule is C[C@H](N)c1ccc(N2CCCC2C2CCCC2)c(Br)c1. The largest absolute Gasteiger partial charge is 0.367 e. The summed E-state index contributed by atoms with van der Waals surface area (Å²) < 4.78 is 1.21. The van der Waals surface area contributed by atoms with Crippen LogP contribution in [0.25, 0.3) is 0 Å². The summed E-state index contributed by atoms with van der Waals surface area (Å²) >= 11 is 3.76. The molecular weight excluding hydrogens is 312 g/mol. The minimum Gasteiger partial charge on any atom is -0.367 e. The minimum absolute atomic E-state index is 0.101. The van der Waals surface area contributed by atoms with Crippen molar-refractivity contribution in [3.8, 4) is 0 Å². The lowest BCUT2D eigenvalue weighted by atomic mass is 9.95. The van der Waals surface area contributed by atoms with E-state index in [9.17, 15) is 0 Å². The molecule has 0 bridgehead atoms. The highest BCUT2D eigenvalue weighted by Crippen LogP contribution is 2.40. The summed E-state index contributed by atoms with van der Waals surface area (Å²) in [7, 11) is 0. The van der Waals surface area contributed by atoms with Crippen molar-refractivity contribution in [1.29, 1.82) is 0 Å². The van der Waals surface area contributed by atoms with Crippen molar-refractivity contribution in [2.45, 2.75) is 57.5 Å². The Balaban J connectivity index is 1.83. The van der Waals surface area contributed by atoms with E-state index < -0.39 is 0 Å². The molecule has 3 heteroatoms. The van der Waals surface area contributed by atoms with Gasteiger partial charge in [-0.25, -0.2) is 0 Å². The monoisotopic (exact) mass is 336 g/mol. The van der Waals surface area contributed by atoms with Crippen LogP contribution in [0.2, 0.25) is 0 Å². The Bertz CT molecular complexity index is 466. The molecule has 110 valence electrons. The third kappa shape index (κ3) is 2.75. The van der Waals surface area contributed by atoms with E-state index in [1.807, 2.05) is 6.92 Å². The van der Waals surface area contributed by atoms with Crippen molar-refractivity contribution in [1.82, 2.24) is 0 Å². The van der Waals surface area contributed by atoms with Gasteiger partial charge in [0.25, 0.3) is 0 Å². The molecule has 2 fully saturated rings. The standard InChI is InChI=1S/C17H25BrN2/c1-12(19)14-8-9-17(15(18)11-14)20-10-4-7-16(20)13-5-2-3-6-13/h8-9,11-13,16H,2-7,10,19H2,1H3/t12-,16?/m0/s1. The van der Waals surface area contributed by atoms with E-state index in [0.29, 0.717) is 0 Å². The molecule has 1 unspecified atom stereocenters. The van der Waals surface area contributed by atoms with Gasteiger partial charge in [0.1, 0.15) is 0 Å². The summed E-state index contributed by atoms with van der Waals surface area (Å²) in [6.45, 7) is 3.25. The van der Waals surface area contributed by atoms with Gasteiger partial charge in [-0.1, -0.05) is 18.9 Å². The first-order valence-corrected chi connectivity index (χ1v) is 8.78. The summed E-state index contributed by atoms with van der Waals surface area (Å²) in [5.41, 5.74) is 8.55. The molecule has 3 rings (SSSR count). The molecular formula is C17H25BrN2. The number of hydrogen-bond donors (Lipinski definition) is 1. The van der Waals surface area contributed by atoms with Crippen LogP contribution < -0.4 is 10.6 Å². The number of anilines is 1. The zero-order valence-electron chi connectivity index (χ0n) is 12.3. The van der Waals surface area contributed by atoms with Gasteiger partial charge >= 0.3 is 0 Å². The molecule has 2 atom stereocenters. The van der Waals surface area contributed by atoms with E-state index in [4.69, 9.17) is 5.73 Å². The fourth-order valence-corrected chi connectivity index (χ4v) is 4.59. The number of nitrogens with two attached hydrogens (primary N) is 1. The molecule has 1 saturated heterocycles. The van der Waals surface area contributed by atoms with Crippen LogP contribution in [0.15, 0.2) is 22.7 Å². The second-order valence-electron chi connectivity index (χ2n) is 6.45. The number of halogens is 1. The summed E-state index contributed by atoms with van der Waals surface area (Å²) in [6, 6.07) is 7.51. The van der Waals surface area contributed by atoms with Crippen LogP contribution in [-0.4, -0.2) is 12.6 Å². The maximum atomic E-state index is 5.98. The number of nitrogens with zero attached hydrogens (tertiary/aromatic N) is 1. The molecule has 0 aromatic heterocycles. The van der Waals surface area contributed by atoms with Gasteiger partial charge in [-0.2, -0.15) is 0 Å². The molecule has 1 saturated carbocycles. The average Bonchev–Trinajstić information content (AvgIpc) is 3.09. The number of benzene rings is 1. The van der Waals surface area contributed by atoms with Gasteiger partial charge < -0.3 is 10.6 Å². The Morgan fingerprint density at radius 3 is 2.60 bits per heavy atom. The number of hydrogen-bond acceptors (Lipinski definition) is 2. The van der Waals surface area contributed by atoms with Gasteiger partial charge in [-0.15, -0.1) is 0 Å². The lowest BCUT2D eigenvalue weighted by molar-refractivity contribution is 0.430. The van der Waals surface area contributed by atoms with E-state index in [0.717, 1.165) is 12.0 Å². The maximum absolute atomic E-state index is 5.98. The Kier molecular flexibility index (Phi) is 4.37. The van der Waals surface area contributed by atoms with Crippen LogP contribution in [0.3, 0.4) is 0 Å². The van der Waals surface area contributed by atoms with Crippen LogP contribution in [0.4, 0.5) is 5.69 Å². The van der Waals surface area contributed by atoms with Crippen LogP contribution in [0, 0.1) is 5.92 Å². The molecule has 0 radical (unpaired) electrons. The second-order valence-corrected chi connectivity index (χ2v) is 7.30. The molecule has 1 aromatic carbocycles. The molecule has 0 amide bonds. The highest BCUT2D eigenvalue weighted by Gasteiger charge is 2.34. The summed E-state index contributed by atoms with van der Waals surface area (Å²) in [6.07, 6.45) is 8.42. The van der Waals surface area contributed by atoms with Crippen LogP contribution >= 0.6 is 15.9 Å². The quantitative estimate of drug-likeness (QED) is 0.871. The van der Waals surface area contributed by atoms with Crippen molar-refractivity contribution in [2.24, 2.45) is 11.7 Å². The molecule has 1 aromatic rings. The van der Waals surface area contributed by atoms with Crippen LogP contribution in [-0.2, 0) is 0 Å². The smallest absolute Gasteiger partial charge is 0.0513 e. The Morgan fingerprint density at radius 2 is 1.95 bits per heavy atom.